The Morgan fingerprint density at radius 1 is 1.38 bits per heavy atom. The molecule has 0 saturated heterocycles. The summed E-state index contributed by atoms with van der Waals surface area (Å²) in [4.78, 5) is 8.58. The number of halogens is 1. The van der Waals surface area contributed by atoms with Crippen molar-refractivity contribution in [3.63, 3.8) is 0 Å². The average molecular weight is 238 g/mol. The highest BCUT2D eigenvalue weighted by atomic mass is 35.5. The Bertz CT molecular complexity index is 418. The van der Waals surface area contributed by atoms with Crippen LogP contribution in [0.4, 0.5) is 5.82 Å². The molecule has 86 valence electrons. The molecule has 0 bridgehead atoms. The largest absolute Gasteiger partial charge is 0.369 e. The smallest absolute Gasteiger partial charge is 0.137 e. The lowest BCUT2D eigenvalue weighted by Gasteiger charge is -2.09. The van der Waals surface area contributed by atoms with E-state index < -0.39 is 0 Å². The Hall–Kier alpha value is -1.27. The van der Waals surface area contributed by atoms with Gasteiger partial charge in [-0.2, -0.15) is 0 Å². The van der Waals surface area contributed by atoms with Gasteiger partial charge in [0.1, 0.15) is 16.8 Å². The van der Waals surface area contributed by atoms with Gasteiger partial charge in [0.15, 0.2) is 0 Å². The molecular weight excluding hydrogens is 222 g/mol. The first kappa shape index (κ1) is 12.8. The molecule has 3 nitrogen and oxygen atoms in total. The molecule has 1 aromatic heterocycles. The molecule has 0 amide bonds. The van der Waals surface area contributed by atoms with Crippen LogP contribution in [0.1, 0.15) is 31.7 Å². The number of nitrogens with one attached hydrogen (secondary N) is 1. The van der Waals surface area contributed by atoms with Gasteiger partial charge in [0, 0.05) is 24.9 Å². The molecule has 4 heteroatoms. The number of aryl methyl sites for hydroxylation is 1. The third-order valence-electron chi connectivity index (χ3n) is 2.17. The maximum atomic E-state index is 6.02. The predicted molar refractivity (Wildman–Crippen MR) is 67.7 cm³/mol. The fourth-order valence-electron chi connectivity index (χ4n) is 1.23. The number of hydrogen-bond donors (Lipinski definition) is 1. The summed E-state index contributed by atoms with van der Waals surface area (Å²) >= 11 is 6.02. The van der Waals surface area contributed by atoms with Crippen molar-refractivity contribution >= 4 is 17.4 Å². The van der Waals surface area contributed by atoms with E-state index in [1.807, 2.05) is 20.8 Å². The molecule has 0 fully saturated rings. The summed E-state index contributed by atoms with van der Waals surface area (Å²) in [6.07, 6.45) is 1.59. The second kappa shape index (κ2) is 6.34. The molecule has 16 heavy (non-hydrogen) atoms. The van der Waals surface area contributed by atoms with Crippen molar-refractivity contribution < 1.29 is 0 Å². The fourth-order valence-corrected chi connectivity index (χ4v) is 1.42. The number of hydrogen-bond acceptors (Lipinski definition) is 3. The number of anilines is 1. The van der Waals surface area contributed by atoms with Gasteiger partial charge in [-0.3, -0.25) is 0 Å². The molecule has 0 aliphatic rings. The van der Waals surface area contributed by atoms with Crippen molar-refractivity contribution in [1.82, 2.24) is 9.97 Å². The van der Waals surface area contributed by atoms with Crippen LogP contribution in [-0.2, 0) is 6.42 Å². The van der Waals surface area contributed by atoms with E-state index in [9.17, 15) is 0 Å². The molecule has 1 rings (SSSR count). The third kappa shape index (κ3) is 3.39. The number of nitrogens with zero attached hydrogens (tertiary/aromatic N) is 2. The minimum absolute atomic E-state index is 0.524. The van der Waals surface area contributed by atoms with Gasteiger partial charge in [-0.25, -0.2) is 9.97 Å². The van der Waals surface area contributed by atoms with Crippen LogP contribution in [0.15, 0.2) is 0 Å². The second-order valence-electron chi connectivity index (χ2n) is 3.36. The number of rotatable bonds is 4. The highest BCUT2D eigenvalue weighted by Crippen LogP contribution is 2.19. The molecule has 1 heterocycles. The van der Waals surface area contributed by atoms with E-state index in [-0.39, 0.29) is 0 Å². The van der Waals surface area contributed by atoms with Crippen LogP contribution in [0.3, 0.4) is 0 Å². The van der Waals surface area contributed by atoms with Crippen LogP contribution in [-0.4, -0.2) is 16.5 Å². The first-order valence-corrected chi connectivity index (χ1v) is 5.73. The van der Waals surface area contributed by atoms with Gasteiger partial charge < -0.3 is 5.32 Å². The van der Waals surface area contributed by atoms with E-state index in [0.29, 0.717) is 5.15 Å². The zero-order chi connectivity index (χ0) is 12.0. The zero-order valence-corrected chi connectivity index (χ0v) is 10.6. The summed E-state index contributed by atoms with van der Waals surface area (Å²) in [7, 11) is 0. The van der Waals surface area contributed by atoms with E-state index in [2.05, 4.69) is 27.1 Å². The molecule has 0 aromatic carbocycles. The summed E-state index contributed by atoms with van der Waals surface area (Å²) in [6.45, 7) is 6.53. The van der Waals surface area contributed by atoms with E-state index in [1.165, 1.54) is 0 Å². The lowest BCUT2D eigenvalue weighted by molar-refractivity contribution is 0.921. The lowest BCUT2D eigenvalue weighted by Crippen LogP contribution is -2.07. The van der Waals surface area contributed by atoms with Crippen LogP contribution in [0.25, 0.3) is 0 Å². The Morgan fingerprint density at radius 2 is 2.12 bits per heavy atom. The molecule has 0 unspecified atom stereocenters. The molecule has 0 spiro atoms. The molecule has 0 aliphatic heterocycles. The first-order chi connectivity index (χ1) is 7.69. The lowest BCUT2D eigenvalue weighted by atomic mass is 10.3. The fraction of sp³-hybridized carbons (Fsp3) is 0.500. The number of aromatic nitrogens is 2. The monoisotopic (exact) mass is 237 g/mol. The molecule has 1 N–H and O–H groups in total. The Morgan fingerprint density at radius 3 is 2.75 bits per heavy atom. The van der Waals surface area contributed by atoms with E-state index in [4.69, 9.17) is 11.6 Å². The van der Waals surface area contributed by atoms with E-state index >= 15 is 0 Å². The van der Waals surface area contributed by atoms with Crippen molar-refractivity contribution in [1.29, 1.82) is 0 Å². The Balaban J connectivity index is 2.76. The van der Waals surface area contributed by atoms with Crippen molar-refractivity contribution in [2.75, 3.05) is 11.9 Å². The van der Waals surface area contributed by atoms with Gasteiger partial charge >= 0.3 is 0 Å². The molecule has 0 atom stereocenters. The maximum absolute atomic E-state index is 6.02. The Labute approximate surface area is 102 Å². The third-order valence-corrected chi connectivity index (χ3v) is 2.54. The van der Waals surface area contributed by atoms with Crippen LogP contribution < -0.4 is 5.32 Å². The van der Waals surface area contributed by atoms with E-state index in [0.717, 1.165) is 36.6 Å². The Kier molecular flexibility index (Phi) is 5.07. The van der Waals surface area contributed by atoms with Crippen molar-refractivity contribution in [3.05, 3.63) is 16.5 Å². The van der Waals surface area contributed by atoms with Gasteiger partial charge in [-0.15, -0.1) is 11.8 Å². The SMILES string of the molecule is CC#CCCNc1nc(CC)nc(Cl)c1C. The molecular formula is C12H16ClN3. The van der Waals surface area contributed by atoms with Gasteiger partial charge in [0.2, 0.25) is 0 Å². The first-order valence-electron chi connectivity index (χ1n) is 5.35. The summed E-state index contributed by atoms with van der Waals surface area (Å²) in [5, 5.41) is 3.75. The predicted octanol–water partition coefficient (Wildman–Crippen LogP) is 2.83. The maximum Gasteiger partial charge on any atom is 0.137 e. The van der Waals surface area contributed by atoms with Crippen LogP contribution in [0.2, 0.25) is 5.15 Å². The van der Waals surface area contributed by atoms with E-state index in [1.54, 1.807) is 0 Å². The highest BCUT2D eigenvalue weighted by Gasteiger charge is 2.07. The van der Waals surface area contributed by atoms with Gasteiger partial charge in [0.25, 0.3) is 0 Å². The molecule has 0 aliphatic carbocycles. The minimum atomic E-state index is 0.524. The van der Waals surface area contributed by atoms with Gasteiger partial charge in [-0.1, -0.05) is 18.5 Å². The summed E-state index contributed by atoms with van der Waals surface area (Å²) in [5.41, 5.74) is 0.892. The molecule has 0 radical (unpaired) electrons. The van der Waals surface area contributed by atoms with Crippen molar-refractivity contribution in [3.8, 4) is 11.8 Å². The molecule has 1 aromatic rings. The zero-order valence-electron chi connectivity index (χ0n) is 9.89. The van der Waals surface area contributed by atoms with Crippen molar-refractivity contribution in [2.24, 2.45) is 0 Å². The summed E-state index contributed by atoms with van der Waals surface area (Å²) in [5.74, 6) is 7.42. The van der Waals surface area contributed by atoms with Gasteiger partial charge in [0.05, 0.1) is 0 Å². The summed E-state index contributed by atoms with van der Waals surface area (Å²) in [6, 6.07) is 0. The standard InChI is InChI=1S/C12H16ClN3/c1-4-6-7-8-14-12-9(3)11(13)15-10(5-2)16-12/h5,7-8H2,1-3H3,(H,14,15,16). The normalized spacial score (nSPS) is 9.50. The molecule has 0 saturated carbocycles. The van der Waals surface area contributed by atoms with Crippen molar-refractivity contribution in [2.45, 2.75) is 33.6 Å². The van der Waals surface area contributed by atoms with Crippen LogP contribution in [0.5, 0.6) is 0 Å². The topological polar surface area (TPSA) is 37.8 Å². The highest BCUT2D eigenvalue weighted by molar-refractivity contribution is 6.30. The van der Waals surface area contributed by atoms with Crippen LogP contribution >= 0.6 is 11.6 Å². The second-order valence-corrected chi connectivity index (χ2v) is 3.72. The average Bonchev–Trinajstić information content (AvgIpc) is 2.29. The van der Waals surface area contributed by atoms with Gasteiger partial charge in [-0.05, 0) is 13.8 Å². The minimum Gasteiger partial charge on any atom is -0.369 e. The van der Waals surface area contributed by atoms with Crippen LogP contribution in [0, 0.1) is 18.8 Å². The quantitative estimate of drug-likeness (QED) is 0.497. The summed E-state index contributed by atoms with van der Waals surface area (Å²) < 4.78 is 0.